The van der Waals surface area contributed by atoms with E-state index in [2.05, 4.69) is 30.5 Å². The second-order valence-corrected chi connectivity index (χ2v) is 10.5. The molecule has 1 aliphatic rings. The Labute approximate surface area is 218 Å². The summed E-state index contributed by atoms with van der Waals surface area (Å²) in [6.45, 7) is 0. The van der Waals surface area contributed by atoms with Gasteiger partial charge < -0.3 is 15.4 Å². The molecule has 38 heavy (non-hydrogen) atoms. The van der Waals surface area contributed by atoms with Gasteiger partial charge in [0.15, 0.2) is 11.0 Å². The van der Waals surface area contributed by atoms with Crippen molar-refractivity contribution in [2.24, 2.45) is 5.92 Å². The molecule has 1 fully saturated rings. The number of H-pyrrole nitrogens is 2. The molecule has 4 N–H and O–H groups in total. The number of imidazole rings is 1. The van der Waals surface area contributed by atoms with Crippen molar-refractivity contribution in [2.45, 2.75) is 25.5 Å². The first-order valence-corrected chi connectivity index (χ1v) is 13.0. The molecule has 1 aromatic carbocycles. The van der Waals surface area contributed by atoms with Crippen LogP contribution in [-0.2, 0) is 0 Å². The van der Waals surface area contributed by atoms with E-state index in [1.807, 2.05) is 12.1 Å². The smallest absolute Gasteiger partial charge is 0.177 e. The number of halogens is 2. The quantitative estimate of drug-likeness (QED) is 0.194. The van der Waals surface area contributed by atoms with Crippen molar-refractivity contribution in [3.8, 4) is 33.2 Å². The summed E-state index contributed by atoms with van der Waals surface area (Å²) in [5.74, 6) is 0.210. The van der Waals surface area contributed by atoms with E-state index in [9.17, 15) is 9.50 Å². The average Bonchev–Trinajstić information content (AvgIpc) is 3.60. The van der Waals surface area contributed by atoms with Crippen LogP contribution in [0.1, 0.15) is 19.3 Å². The highest BCUT2D eigenvalue weighted by Crippen LogP contribution is 2.36. The van der Waals surface area contributed by atoms with Gasteiger partial charge in [-0.25, -0.2) is 9.37 Å². The lowest BCUT2D eigenvalue weighted by molar-refractivity contribution is 0.0851. The summed E-state index contributed by atoms with van der Waals surface area (Å²) in [6, 6.07) is 9.95. The third-order valence-corrected chi connectivity index (χ3v) is 7.92. The standard InChI is InChI=1S/C27H21F2N7OS/c28-18-10-14(15-8-16(12-30-11-15)32-27(37)13-2-1-3-13)9-17-22(18)35-36-23(17)26-33-19-6-7-31-25(24(19)34-26)20-4-5-21(29)38-20/h4-13,27,32,37H,1-3H2,(H,33,34)(H,35,36). The molecule has 7 rings (SSSR count). The zero-order valence-corrected chi connectivity index (χ0v) is 20.7. The number of benzene rings is 1. The summed E-state index contributed by atoms with van der Waals surface area (Å²) < 4.78 is 28.9. The molecule has 1 aliphatic carbocycles. The summed E-state index contributed by atoms with van der Waals surface area (Å²) in [6.07, 6.45) is 7.41. The van der Waals surface area contributed by atoms with Gasteiger partial charge in [0, 0.05) is 29.3 Å². The van der Waals surface area contributed by atoms with Crippen LogP contribution in [0.25, 0.3) is 55.2 Å². The first-order valence-electron chi connectivity index (χ1n) is 12.2. The number of hydrogen-bond donors (Lipinski definition) is 4. The molecule has 1 saturated carbocycles. The molecule has 8 nitrogen and oxygen atoms in total. The molecular formula is C27H21F2N7OS. The normalized spacial score (nSPS) is 14.7. The van der Waals surface area contributed by atoms with E-state index in [-0.39, 0.29) is 16.6 Å². The number of hydrogen-bond acceptors (Lipinski definition) is 7. The van der Waals surface area contributed by atoms with E-state index in [0.29, 0.717) is 55.3 Å². The Morgan fingerprint density at radius 1 is 1.05 bits per heavy atom. The summed E-state index contributed by atoms with van der Waals surface area (Å²) in [5, 5.41) is 20.9. The summed E-state index contributed by atoms with van der Waals surface area (Å²) in [5.41, 5.74) is 4.51. The molecule has 0 bridgehead atoms. The van der Waals surface area contributed by atoms with Gasteiger partial charge >= 0.3 is 0 Å². The van der Waals surface area contributed by atoms with E-state index >= 15 is 4.39 Å². The molecular weight excluding hydrogens is 508 g/mol. The predicted octanol–water partition coefficient (Wildman–Crippen LogP) is 6.10. The lowest BCUT2D eigenvalue weighted by Gasteiger charge is -2.31. The summed E-state index contributed by atoms with van der Waals surface area (Å²) in [4.78, 5) is 17.3. The molecule has 1 atom stereocenters. The number of nitrogens with one attached hydrogen (secondary N) is 3. The van der Waals surface area contributed by atoms with Crippen LogP contribution < -0.4 is 5.32 Å². The maximum absolute atomic E-state index is 15.2. The third kappa shape index (κ3) is 3.91. The first kappa shape index (κ1) is 22.9. The second kappa shape index (κ2) is 8.96. The molecule has 11 heteroatoms. The van der Waals surface area contributed by atoms with E-state index < -0.39 is 12.0 Å². The van der Waals surface area contributed by atoms with Crippen molar-refractivity contribution >= 4 is 39.0 Å². The minimum absolute atomic E-state index is 0.235. The molecule has 6 aromatic rings. The van der Waals surface area contributed by atoms with Crippen LogP contribution in [0.15, 0.2) is 55.0 Å². The highest BCUT2D eigenvalue weighted by Gasteiger charge is 2.25. The Bertz CT molecular complexity index is 1810. The number of thiophene rings is 1. The molecule has 0 amide bonds. The molecule has 0 saturated heterocycles. The fourth-order valence-electron chi connectivity index (χ4n) is 4.82. The van der Waals surface area contributed by atoms with Gasteiger partial charge in [-0.05, 0) is 54.8 Å². The van der Waals surface area contributed by atoms with Crippen molar-refractivity contribution in [3.63, 3.8) is 0 Å². The number of aromatic amines is 2. The molecule has 190 valence electrons. The number of aliphatic hydroxyl groups is 1. The molecule has 5 heterocycles. The lowest BCUT2D eigenvalue weighted by Crippen LogP contribution is -2.33. The van der Waals surface area contributed by atoms with Crippen molar-refractivity contribution < 1.29 is 13.9 Å². The molecule has 0 aliphatic heterocycles. The fourth-order valence-corrected chi connectivity index (χ4v) is 5.54. The van der Waals surface area contributed by atoms with Crippen LogP contribution in [0.5, 0.6) is 0 Å². The monoisotopic (exact) mass is 529 g/mol. The zero-order chi connectivity index (χ0) is 25.8. The van der Waals surface area contributed by atoms with Gasteiger partial charge in [-0.2, -0.15) is 9.49 Å². The number of aliphatic hydroxyl groups excluding tert-OH is 1. The highest BCUT2D eigenvalue weighted by molar-refractivity contribution is 7.13. The van der Waals surface area contributed by atoms with Crippen LogP contribution in [0.3, 0.4) is 0 Å². The number of fused-ring (bicyclic) bond motifs is 2. The van der Waals surface area contributed by atoms with Gasteiger partial charge in [-0.15, -0.1) is 11.3 Å². The van der Waals surface area contributed by atoms with Crippen molar-refractivity contribution in [1.29, 1.82) is 0 Å². The fraction of sp³-hybridized carbons (Fsp3) is 0.185. The van der Waals surface area contributed by atoms with Crippen molar-refractivity contribution in [2.75, 3.05) is 5.32 Å². The highest BCUT2D eigenvalue weighted by atomic mass is 32.1. The third-order valence-electron chi connectivity index (χ3n) is 7.04. The van der Waals surface area contributed by atoms with Crippen LogP contribution >= 0.6 is 11.3 Å². The summed E-state index contributed by atoms with van der Waals surface area (Å²) in [7, 11) is 0. The van der Waals surface area contributed by atoms with E-state index in [0.717, 1.165) is 30.6 Å². The minimum atomic E-state index is -0.640. The second-order valence-electron chi connectivity index (χ2n) is 9.44. The Kier molecular flexibility index (Phi) is 5.41. The van der Waals surface area contributed by atoms with Crippen LogP contribution in [0, 0.1) is 16.9 Å². The topological polar surface area (TPSA) is 115 Å². The van der Waals surface area contributed by atoms with Gasteiger partial charge in [0.2, 0.25) is 0 Å². The maximum atomic E-state index is 15.2. The molecule has 0 radical (unpaired) electrons. The Balaban J connectivity index is 1.29. The molecule has 1 unspecified atom stereocenters. The van der Waals surface area contributed by atoms with Gasteiger partial charge in [0.05, 0.1) is 22.3 Å². The van der Waals surface area contributed by atoms with Gasteiger partial charge in [-0.3, -0.25) is 15.1 Å². The molecule has 5 aromatic heterocycles. The lowest BCUT2D eigenvalue weighted by atomic mass is 9.84. The Morgan fingerprint density at radius 3 is 2.74 bits per heavy atom. The van der Waals surface area contributed by atoms with Crippen LogP contribution in [-0.4, -0.2) is 41.5 Å². The van der Waals surface area contributed by atoms with Crippen molar-refractivity contribution in [1.82, 2.24) is 30.1 Å². The average molecular weight is 530 g/mol. The maximum Gasteiger partial charge on any atom is 0.177 e. The van der Waals surface area contributed by atoms with E-state index in [4.69, 9.17) is 4.98 Å². The Hall–Kier alpha value is -4.22. The zero-order valence-electron chi connectivity index (χ0n) is 19.9. The first-order chi connectivity index (χ1) is 18.5. The van der Waals surface area contributed by atoms with Crippen molar-refractivity contribution in [3.05, 3.63) is 65.9 Å². The Morgan fingerprint density at radius 2 is 1.95 bits per heavy atom. The minimum Gasteiger partial charge on any atom is -0.374 e. The van der Waals surface area contributed by atoms with E-state index in [1.54, 1.807) is 30.7 Å². The SMILES string of the molecule is OC(Nc1cncc(-c2cc(F)c3[nH]nc(-c4nc5c(-c6ccc(F)s6)nccc5[nH]4)c3c2)c1)C1CCC1. The number of pyridine rings is 2. The number of aromatic nitrogens is 6. The number of rotatable bonds is 6. The number of anilines is 1. The summed E-state index contributed by atoms with van der Waals surface area (Å²) >= 11 is 0.996. The van der Waals surface area contributed by atoms with E-state index in [1.165, 1.54) is 12.1 Å². The van der Waals surface area contributed by atoms with Gasteiger partial charge in [0.1, 0.15) is 34.5 Å². The number of nitrogens with zero attached hydrogens (tertiary/aromatic N) is 4. The van der Waals surface area contributed by atoms with Gasteiger partial charge in [-0.1, -0.05) is 6.42 Å². The van der Waals surface area contributed by atoms with Crippen LogP contribution in [0.4, 0.5) is 14.5 Å². The largest absolute Gasteiger partial charge is 0.374 e. The van der Waals surface area contributed by atoms with Gasteiger partial charge in [0.25, 0.3) is 0 Å². The molecule has 0 spiro atoms. The van der Waals surface area contributed by atoms with Crippen LogP contribution in [0.2, 0.25) is 0 Å². The predicted molar refractivity (Wildman–Crippen MR) is 142 cm³/mol.